The van der Waals surface area contributed by atoms with Gasteiger partial charge in [-0.3, -0.25) is 0 Å². The highest BCUT2D eigenvalue weighted by molar-refractivity contribution is 5.19. The van der Waals surface area contributed by atoms with Crippen LogP contribution in [0.3, 0.4) is 0 Å². The molecule has 0 aliphatic heterocycles. The van der Waals surface area contributed by atoms with Crippen molar-refractivity contribution in [2.24, 2.45) is 0 Å². The van der Waals surface area contributed by atoms with Gasteiger partial charge in [0.25, 0.3) is 0 Å². The molecule has 1 aromatic heterocycles. The molecular weight excluding hydrogens is 170 g/mol. The van der Waals surface area contributed by atoms with Gasteiger partial charge in [0.05, 0.1) is 6.61 Å². The minimum absolute atomic E-state index is 0.0674. The van der Waals surface area contributed by atoms with E-state index in [1.807, 2.05) is 6.07 Å². The zero-order valence-corrected chi connectivity index (χ0v) is 6.97. The normalized spacial score (nSPS) is 9.23. The van der Waals surface area contributed by atoms with Crippen molar-refractivity contribution < 1.29 is 9.84 Å². The first-order chi connectivity index (χ1) is 6.36. The van der Waals surface area contributed by atoms with Gasteiger partial charge in [-0.15, -0.1) is 0 Å². The minimum Gasteiger partial charge on any atom is -0.463 e. The maximum Gasteiger partial charge on any atom is 0.317 e. The van der Waals surface area contributed by atoms with Crippen molar-refractivity contribution in [3.63, 3.8) is 0 Å². The van der Waals surface area contributed by atoms with Gasteiger partial charge in [0.1, 0.15) is 11.8 Å². The van der Waals surface area contributed by atoms with E-state index in [0.29, 0.717) is 13.0 Å². The Morgan fingerprint density at radius 2 is 2.46 bits per heavy atom. The number of aliphatic hydroxyl groups is 1. The number of aliphatic hydroxyl groups excluding tert-OH is 1. The number of rotatable bonds is 4. The van der Waals surface area contributed by atoms with Crippen LogP contribution in [0, 0.1) is 11.3 Å². The van der Waals surface area contributed by atoms with Crippen molar-refractivity contribution >= 4 is 0 Å². The van der Waals surface area contributed by atoms with E-state index in [1.54, 1.807) is 0 Å². The second-order valence-electron chi connectivity index (χ2n) is 2.26. The van der Waals surface area contributed by atoms with Gasteiger partial charge in [0.15, 0.2) is 0 Å². The molecule has 1 aromatic rings. The number of nitriles is 1. The van der Waals surface area contributed by atoms with Crippen LogP contribution >= 0.6 is 0 Å². The van der Waals surface area contributed by atoms with Crippen LogP contribution in [0.1, 0.15) is 12.1 Å². The van der Waals surface area contributed by atoms with Crippen LogP contribution in [0.25, 0.3) is 0 Å². The summed E-state index contributed by atoms with van der Waals surface area (Å²) in [5, 5.41) is 17.0. The molecular formula is C8H9N3O2. The molecule has 1 rings (SSSR count). The van der Waals surface area contributed by atoms with Gasteiger partial charge in [-0.2, -0.15) is 10.2 Å². The summed E-state index contributed by atoms with van der Waals surface area (Å²) in [4.78, 5) is 7.58. The summed E-state index contributed by atoms with van der Waals surface area (Å²) in [6.07, 6.45) is 1.99. The molecule has 0 amide bonds. The zero-order chi connectivity index (χ0) is 9.52. The third-order valence-electron chi connectivity index (χ3n) is 1.28. The number of hydrogen-bond acceptors (Lipinski definition) is 5. The van der Waals surface area contributed by atoms with E-state index in [1.165, 1.54) is 12.3 Å². The van der Waals surface area contributed by atoms with Crippen LogP contribution in [-0.4, -0.2) is 28.3 Å². The molecule has 0 saturated heterocycles. The standard InChI is InChI=1S/C8H9N3O2/c9-6-7-2-3-10-8(11-7)13-5-1-4-12/h2-3,12H,1,4-5H2. The van der Waals surface area contributed by atoms with E-state index >= 15 is 0 Å². The molecule has 0 atom stereocenters. The van der Waals surface area contributed by atoms with E-state index in [-0.39, 0.29) is 18.3 Å². The largest absolute Gasteiger partial charge is 0.463 e. The van der Waals surface area contributed by atoms with E-state index in [0.717, 1.165) is 0 Å². The third kappa shape index (κ3) is 3.05. The summed E-state index contributed by atoms with van der Waals surface area (Å²) in [5.41, 5.74) is 0.272. The van der Waals surface area contributed by atoms with Gasteiger partial charge in [-0.1, -0.05) is 0 Å². The summed E-state index contributed by atoms with van der Waals surface area (Å²) in [5.74, 6) is 0. The lowest BCUT2D eigenvalue weighted by molar-refractivity contribution is 0.224. The van der Waals surface area contributed by atoms with Crippen LogP contribution in [0.2, 0.25) is 0 Å². The van der Waals surface area contributed by atoms with Crippen molar-refractivity contribution in [3.8, 4) is 12.1 Å². The van der Waals surface area contributed by atoms with Gasteiger partial charge in [0.2, 0.25) is 0 Å². The van der Waals surface area contributed by atoms with E-state index in [9.17, 15) is 0 Å². The highest BCUT2D eigenvalue weighted by atomic mass is 16.5. The monoisotopic (exact) mass is 179 g/mol. The molecule has 13 heavy (non-hydrogen) atoms. The van der Waals surface area contributed by atoms with Gasteiger partial charge >= 0.3 is 6.01 Å². The molecule has 0 bridgehead atoms. The summed E-state index contributed by atoms with van der Waals surface area (Å²) >= 11 is 0. The molecule has 0 fully saturated rings. The van der Waals surface area contributed by atoms with Crippen molar-refractivity contribution in [1.29, 1.82) is 5.26 Å². The zero-order valence-electron chi connectivity index (χ0n) is 6.97. The van der Waals surface area contributed by atoms with E-state index in [4.69, 9.17) is 15.1 Å². The Morgan fingerprint density at radius 3 is 3.15 bits per heavy atom. The Morgan fingerprint density at radius 1 is 1.62 bits per heavy atom. The number of ether oxygens (including phenoxy) is 1. The molecule has 0 saturated carbocycles. The van der Waals surface area contributed by atoms with Crippen molar-refractivity contribution in [2.75, 3.05) is 13.2 Å². The fraction of sp³-hybridized carbons (Fsp3) is 0.375. The van der Waals surface area contributed by atoms with Crippen molar-refractivity contribution in [3.05, 3.63) is 18.0 Å². The summed E-state index contributed by atoms with van der Waals surface area (Å²) in [6, 6.07) is 3.55. The number of aromatic nitrogens is 2. The van der Waals surface area contributed by atoms with E-state index < -0.39 is 0 Å². The Hall–Kier alpha value is -1.67. The smallest absolute Gasteiger partial charge is 0.317 e. The summed E-state index contributed by atoms with van der Waals surface area (Å²) in [6.45, 7) is 0.420. The molecule has 0 aliphatic carbocycles. The molecule has 0 aliphatic rings. The highest BCUT2D eigenvalue weighted by Crippen LogP contribution is 2.01. The summed E-state index contributed by atoms with van der Waals surface area (Å²) in [7, 11) is 0. The average molecular weight is 179 g/mol. The molecule has 68 valence electrons. The molecule has 1 N–H and O–H groups in total. The average Bonchev–Trinajstić information content (AvgIpc) is 2.19. The highest BCUT2D eigenvalue weighted by Gasteiger charge is 1.98. The molecule has 0 unspecified atom stereocenters. The Bertz CT molecular complexity index is 309. The number of nitrogens with zero attached hydrogens (tertiary/aromatic N) is 3. The first-order valence-electron chi connectivity index (χ1n) is 3.83. The molecule has 0 radical (unpaired) electrons. The Kier molecular flexibility index (Phi) is 3.67. The van der Waals surface area contributed by atoms with Crippen molar-refractivity contribution in [1.82, 2.24) is 9.97 Å². The Balaban J connectivity index is 2.52. The Labute approximate surface area is 75.6 Å². The lowest BCUT2D eigenvalue weighted by Gasteiger charge is -2.01. The third-order valence-corrected chi connectivity index (χ3v) is 1.28. The lowest BCUT2D eigenvalue weighted by atomic mass is 10.4. The topological polar surface area (TPSA) is 79.0 Å². The molecule has 1 heterocycles. The second-order valence-corrected chi connectivity index (χ2v) is 2.26. The van der Waals surface area contributed by atoms with Gasteiger partial charge in [-0.25, -0.2) is 4.98 Å². The quantitative estimate of drug-likeness (QED) is 0.663. The minimum atomic E-state index is 0.0674. The summed E-state index contributed by atoms with van der Waals surface area (Å²) < 4.78 is 5.06. The predicted octanol–water partition coefficient (Wildman–Crippen LogP) is 0.109. The SMILES string of the molecule is N#Cc1ccnc(OCCCO)n1. The maximum absolute atomic E-state index is 8.50. The first-order valence-corrected chi connectivity index (χ1v) is 3.83. The predicted molar refractivity (Wildman–Crippen MR) is 43.9 cm³/mol. The van der Waals surface area contributed by atoms with E-state index in [2.05, 4.69) is 9.97 Å². The fourth-order valence-corrected chi connectivity index (χ4v) is 0.701. The number of hydrogen-bond donors (Lipinski definition) is 1. The molecule has 5 nitrogen and oxygen atoms in total. The molecule has 0 spiro atoms. The van der Waals surface area contributed by atoms with Crippen molar-refractivity contribution in [2.45, 2.75) is 6.42 Å². The maximum atomic E-state index is 8.50. The molecule has 0 aromatic carbocycles. The lowest BCUT2D eigenvalue weighted by Crippen LogP contribution is -2.03. The van der Waals surface area contributed by atoms with Crippen LogP contribution in [0.4, 0.5) is 0 Å². The van der Waals surface area contributed by atoms with Crippen LogP contribution < -0.4 is 4.74 Å². The van der Waals surface area contributed by atoms with Gasteiger partial charge in [-0.05, 0) is 6.07 Å². The molecule has 5 heteroatoms. The van der Waals surface area contributed by atoms with Crippen LogP contribution in [0.5, 0.6) is 6.01 Å². The van der Waals surface area contributed by atoms with Crippen LogP contribution in [-0.2, 0) is 0 Å². The van der Waals surface area contributed by atoms with Gasteiger partial charge in [0, 0.05) is 19.2 Å². The first kappa shape index (κ1) is 9.42. The second kappa shape index (κ2) is 5.06. The van der Waals surface area contributed by atoms with Crippen LogP contribution in [0.15, 0.2) is 12.3 Å². The van der Waals surface area contributed by atoms with Gasteiger partial charge < -0.3 is 9.84 Å². The fourth-order valence-electron chi connectivity index (χ4n) is 0.701.